The van der Waals surface area contributed by atoms with Crippen molar-refractivity contribution in [2.75, 3.05) is 26.9 Å². The Bertz CT molecular complexity index is 963. The van der Waals surface area contributed by atoms with Gasteiger partial charge in [-0.2, -0.15) is 0 Å². The molecule has 182 valence electrons. The van der Waals surface area contributed by atoms with Gasteiger partial charge in [-0.3, -0.25) is 4.79 Å². The van der Waals surface area contributed by atoms with Crippen LogP contribution in [0.4, 0.5) is 4.79 Å². The molecule has 2 amide bonds. The van der Waals surface area contributed by atoms with Crippen molar-refractivity contribution in [1.29, 1.82) is 0 Å². The number of nitrogens with one attached hydrogen (secondary N) is 2. The number of ether oxygens (including phenoxy) is 2. The lowest BCUT2D eigenvalue weighted by atomic mass is 9.98. The second kappa shape index (κ2) is 12.2. The Hall–Kier alpha value is -3.39. The molecule has 2 aromatic carbocycles. The minimum atomic E-state index is -1.09. The van der Waals surface area contributed by atoms with E-state index in [4.69, 9.17) is 9.47 Å². The number of carboxylic acid groups (broad SMARTS) is 1. The van der Waals surface area contributed by atoms with E-state index < -0.39 is 18.1 Å². The number of rotatable bonds is 12. The van der Waals surface area contributed by atoms with Gasteiger partial charge in [-0.15, -0.1) is 0 Å². The average molecular weight is 469 g/mol. The lowest BCUT2D eigenvalue weighted by molar-refractivity contribution is -0.142. The molecule has 1 aliphatic rings. The van der Waals surface area contributed by atoms with Gasteiger partial charge in [0.1, 0.15) is 12.6 Å². The number of fused-ring (bicyclic) bond motifs is 3. The predicted molar refractivity (Wildman–Crippen MR) is 128 cm³/mol. The van der Waals surface area contributed by atoms with Crippen molar-refractivity contribution in [3.05, 3.63) is 59.7 Å². The van der Waals surface area contributed by atoms with E-state index in [0.29, 0.717) is 19.4 Å². The first-order valence-electron chi connectivity index (χ1n) is 11.5. The summed E-state index contributed by atoms with van der Waals surface area (Å²) in [6, 6.07) is 15.3. The zero-order valence-corrected chi connectivity index (χ0v) is 19.6. The highest BCUT2D eigenvalue weighted by molar-refractivity contribution is 5.84. The van der Waals surface area contributed by atoms with E-state index in [1.54, 1.807) is 6.92 Å². The Morgan fingerprint density at radius 1 is 1.00 bits per heavy atom. The maximum atomic E-state index is 12.3. The molecule has 8 nitrogen and oxygen atoms in total. The average Bonchev–Trinajstić information content (AvgIpc) is 3.16. The third kappa shape index (κ3) is 6.35. The summed E-state index contributed by atoms with van der Waals surface area (Å²) in [5.74, 6) is -1.80. The highest BCUT2D eigenvalue weighted by Crippen LogP contribution is 2.44. The summed E-state index contributed by atoms with van der Waals surface area (Å²) in [7, 11) is 1.48. The first-order chi connectivity index (χ1) is 16.4. The van der Waals surface area contributed by atoms with Gasteiger partial charge in [0, 0.05) is 38.5 Å². The SMILES string of the molecule is COCCC(NC(=O)C(C)CCCNC(=O)OCC1c2ccccc2-c2ccccc21)C(=O)O. The van der Waals surface area contributed by atoms with Crippen LogP contribution in [-0.2, 0) is 19.1 Å². The highest BCUT2D eigenvalue weighted by Gasteiger charge is 2.29. The van der Waals surface area contributed by atoms with Crippen LogP contribution in [0.3, 0.4) is 0 Å². The van der Waals surface area contributed by atoms with Gasteiger partial charge in [0.25, 0.3) is 0 Å². The second-order valence-corrected chi connectivity index (χ2v) is 8.48. The van der Waals surface area contributed by atoms with Crippen LogP contribution in [0.5, 0.6) is 0 Å². The number of carbonyl (C=O) groups excluding carboxylic acids is 2. The molecule has 0 aliphatic heterocycles. The minimum absolute atomic E-state index is 0.00200. The first-order valence-corrected chi connectivity index (χ1v) is 11.5. The largest absolute Gasteiger partial charge is 0.480 e. The molecule has 2 aromatic rings. The summed E-state index contributed by atoms with van der Waals surface area (Å²) in [5, 5.41) is 14.5. The number of alkyl carbamates (subject to hydrolysis) is 1. The number of amides is 2. The smallest absolute Gasteiger partial charge is 0.407 e. The summed E-state index contributed by atoms with van der Waals surface area (Å²) in [5.41, 5.74) is 4.65. The van der Waals surface area contributed by atoms with E-state index in [1.807, 2.05) is 24.3 Å². The molecule has 0 saturated carbocycles. The third-order valence-corrected chi connectivity index (χ3v) is 6.10. The van der Waals surface area contributed by atoms with Gasteiger partial charge in [0.05, 0.1) is 0 Å². The van der Waals surface area contributed by atoms with E-state index in [0.717, 1.165) is 11.1 Å². The molecule has 0 spiro atoms. The number of hydrogen-bond donors (Lipinski definition) is 3. The summed E-state index contributed by atoms with van der Waals surface area (Å²) < 4.78 is 10.4. The molecule has 2 atom stereocenters. The molecule has 3 N–H and O–H groups in total. The molecule has 8 heteroatoms. The van der Waals surface area contributed by atoms with Crippen LogP contribution in [0.1, 0.15) is 43.2 Å². The Labute approximate surface area is 199 Å². The van der Waals surface area contributed by atoms with Crippen LogP contribution in [-0.4, -0.2) is 56.0 Å². The number of aliphatic carboxylic acids is 1. The van der Waals surface area contributed by atoms with E-state index >= 15 is 0 Å². The number of hydrogen-bond acceptors (Lipinski definition) is 5. The van der Waals surface area contributed by atoms with Gasteiger partial charge in [0.15, 0.2) is 0 Å². The Kier molecular flexibility index (Phi) is 9.04. The molecule has 3 rings (SSSR count). The molecular formula is C26H32N2O6. The van der Waals surface area contributed by atoms with Gasteiger partial charge < -0.3 is 25.2 Å². The van der Waals surface area contributed by atoms with Crippen LogP contribution in [0, 0.1) is 5.92 Å². The number of carbonyl (C=O) groups is 3. The molecule has 34 heavy (non-hydrogen) atoms. The lowest BCUT2D eigenvalue weighted by Crippen LogP contribution is -2.43. The van der Waals surface area contributed by atoms with Gasteiger partial charge in [-0.1, -0.05) is 55.5 Å². The zero-order chi connectivity index (χ0) is 24.5. The maximum absolute atomic E-state index is 12.3. The molecule has 0 fully saturated rings. The summed E-state index contributed by atoms with van der Waals surface area (Å²) >= 11 is 0. The standard InChI is InChI=1S/C26H32N2O6/c1-17(24(29)28-23(25(30)31)13-15-33-2)8-7-14-27-26(32)34-16-22-20-11-5-3-9-18(20)19-10-4-6-12-21(19)22/h3-6,9-12,17,22-23H,7-8,13-16H2,1-2H3,(H,27,32)(H,28,29)(H,30,31). The van der Waals surface area contributed by atoms with Crippen LogP contribution in [0.2, 0.25) is 0 Å². The quantitative estimate of drug-likeness (QED) is 0.411. The van der Waals surface area contributed by atoms with Crippen LogP contribution in [0.15, 0.2) is 48.5 Å². The van der Waals surface area contributed by atoms with E-state index in [1.165, 1.54) is 18.2 Å². The molecule has 0 radical (unpaired) electrons. The summed E-state index contributed by atoms with van der Waals surface area (Å²) in [4.78, 5) is 35.8. The van der Waals surface area contributed by atoms with Gasteiger partial charge in [-0.05, 0) is 35.1 Å². The Balaban J connectivity index is 1.40. The molecule has 0 aromatic heterocycles. The molecule has 0 bridgehead atoms. The Morgan fingerprint density at radius 3 is 2.21 bits per heavy atom. The fourth-order valence-electron chi connectivity index (χ4n) is 4.19. The van der Waals surface area contributed by atoms with Crippen molar-refractivity contribution < 1.29 is 29.0 Å². The topological polar surface area (TPSA) is 114 Å². The molecular weight excluding hydrogens is 436 g/mol. The maximum Gasteiger partial charge on any atom is 0.407 e. The fraction of sp³-hybridized carbons (Fsp3) is 0.423. The summed E-state index contributed by atoms with van der Waals surface area (Å²) in [6.45, 7) is 2.59. The van der Waals surface area contributed by atoms with Crippen LogP contribution in [0.25, 0.3) is 11.1 Å². The molecule has 0 heterocycles. The normalized spacial score (nSPS) is 13.9. The number of carboxylic acids is 1. The Morgan fingerprint density at radius 2 is 1.62 bits per heavy atom. The van der Waals surface area contributed by atoms with Crippen molar-refractivity contribution in [3.63, 3.8) is 0 Å². The van der Waals surface area contributed by atoms with Crippen LogP contribution < -0.4 is 10.6 Å². The van der Waals surface area contributed by atoms with Crippen molar-refractivity contribution >= 4 is 18.0 Å². The zero-order valence-electron chi connectivity index (χ0n) is 19.6. The monoisotopic (exact) mass is 468 g/mol. The second-order valence-electron chi connectivity index (χ2n) is 8.48. The number of benzene rings is 2. The van der Waals surface area contributed by atoms with Crippen molar-refractivity contribution in [2.45, 2.75) is 38.1 Å². The highest BCUT2D eigenvalue weighted by atomic mass is 16.5. The molecule has 1 aliphatic carbocycles. The minimum Gasteiger partial charge on any atom is -0.480 e. The van der Waals surface area contributed by atoms with Crippen LogP contribution >= 0.6 is 0 Å². The lowest BCUT2D eigenvalue weighted by Gasteiger charge is -2.18. The van der Waals surface area contributed by atoms with E-state index in [2.05, 4.69) is 34.9 Å². The van der Waals surface area contributed by atoms with Gasteiger partial charge in [-0.25, -0.2) is 9.59 Å². The van der Waals surface area contributed by atoms with E-state index in [9.17, 15) is 19.5 Å². The summed E-state index contributed by atoms with van der Waals surface area (Å²) in [6.07, 6.45) is 0.776. The molecule has 0 saturated heterocycles. The first kappa shape index (κ1) is 25.2. The van der Waals surface area contributed by atoms with Gasteiger partial charge >= 0.3 is 12.1 Å². The number of methoxy groups -OCH3 is 1. The predicted octanol–water partition coefficient (Wildman–Crippen LogP) is 3.55. The molecule has 2 unspecified atom stereocenters. The fourth-order valence-corrected chi connectivity index (χ4v) is 4.19. The van der Waals surface area contributed by atoms with Crippen molar-refractivity contribution in [1.82, 2.24) is 10.6 Å². The van der Waals surface area contributed by atoms with Crippen molar-refractivity contribution in [3.8, 4) is 11.1 Å². The van der Waals surface area contributed by atoms with Gasteiger partial charge in [0.2, 0.25) is 5.91 Å². The van der Waals surface area contributed by atoms with E-state index in [-0.39, 0.29) is 37.4 Å². The third-order valence-electron chi connectivity index (χ3n) is 6.10. The van der Waals surface area contributed by atoms with Crippen molar-refractivity contribution in [2.24, 2.45) is 5.92 Å².